The Balaban J connectivity index is 3.04. The van der Waals surface area contributed by atoms with Crippen LogP contribution in [0.2, 0.25) is 0 Å². The molecule has 0 aliphatic carbocycles. The summed E-state index contributed by atoms with van der Waals surface area (Å²) in [4.78, 5) is 11.4. The van der Waals surface area contributed by atoms with Gasteiger partial charge in [0.05, 0.1) is 16.8 Å². The van der Waals surface area contributed by atoms with Crippen LogP contribution in [0.25, 0.3) is 0 Å². The van der Waals surface area contributed by atoms with Crippen molar-refractivity contribution in [2.24, 2.45) is 7.05 Å². The second-order valence-electron chi connectivity index (χ2n) is 2.81. The molecular weight excluding hydrogens is 248 g/mol. The molecule has 14 heavy (non-hydrogen) atoms. The third kappa shape index (κ3) is 1.97. The molecule has 0 atom stereocenters. The van der Waals surface area contributed by atoms with Crippen molar-refractivity contribution in [2.45, 2.75) is 20.3 Å². The van der Waals surface area contributed by atoms with Crippen LogP contribution in [0.1, 0.15) is 30.0 Å². The summed E-state index contributed by atoms with van der Waals surface area (Å²) in [7, 11) is 1.81. The molecule has 0 spiro atoms. The van der Waals surface area contributed by atoms with Crippen LogP contribution < -0.4 is 0 Å². The summed E-state index contributed by atoms with van der Waals surface area (Å²) < 4.78 is 7.30. The fraction of sp³-hybridized carbons (Fsp3) is 0.556. The van der Waals surface area contributed by atoms with Crippen LogP contribution in [0.3, 0.4) is 0 Å². The van der Waals surface area contributed by atoms with Gasteiger partial charge < -0.3 is 4.74 Å². The Kier molecular flexibility index (Phi) is 3.69. The molecule has 1 aromatic rings. The molecule has 0 radical (unpaired) electrons. The molecule has 0 fully saturated rings. The summed E-state index contributed by atoms with van der Waals surface area (Å²) in [6.07, 6.45) is 0.823. The minimum absolute atomic E-state index is 0.353. The van der Waals surface area contributed by atoms with E-state index in [1.54, 1.807) is 11.6 Å². The SMILES string of the molecule is CCOC(=O)c1nn(C)c(CC)c1Br. The van der Waals surface area contributed by atoms with Crippen LogP contribution in [-0.2, 0) is 18.2 Å². The molecule has 0 aliphatic heterocycles. The molecule has 1 rings (SSSR count). The Morgan fingerprint density at radius 1 is 1.57 bits per heavy atom. The zero-order valence-electron chi connectivity index (χ0n) is 8.50. The van der Waals surface area contributed by atoms with Crippen molar-refractivity contribution in [3.05, 3.63) is 15.9 Å². The van der Waals surface area contributed by atoms with Gasteiger partial charge in [-0.3, -0.25) is 4.68 Å². The molecule has 78 valence electrons. The van der Waals surface area contributed by atoms with Crippen molar-refractivity contribution < 1.29 is 9.53 Å². The number of hydrogen-bond donors (Lipinski definition) is 0. The Morgan fingerprint density at radius 3 is 2.64 bits per heavy atom. The van der Waals surface area contributed by atoms with E-state index in [0.717, 1.165) is 16.6 Å². The average molecular weight is 261 g/mol. The van der Waals surface area contributed by atoms with Gasteiger partial charge in [0.2, 0.25) is 0 Å². The normalized spacial score (nSPS) is 10.3. The zero-order chi connectivity index (χ0) is 10.7. The minimum atomic E-state index is -0.380. The van der Waals surface area contributed by atoms with E-state index in [4.69, 9.17) is 4.74 Å². The lowest BCUT2D eigenvalue weighted by Crippen LogP contribution is -2.06. The van der Waals surface area contributed by atoms with Gasteiger partial charge in [-0.05, 0) is 29.3 Å². The van der Waals surface area contributed by atoms with Crippen molar-refractivity contribution in [1.82, 2.24) is 9.78 Å². The van der Waals surface area contributed by atoms with Gasteiger partial charge in [0.25, 0.3) is 0 Å². The van der Waals surface area contributed by atoms with Crippen LogP contribution in [0.15, 0.2) is 4.47 Å². The molecule has 4 nitrogen and oxygen atoms in total. The number of carbonyl (C=O) groups excluding carboxylic acids is 1. The quantitative estimate of drug-likeness (QED) is 0.781. The summed E-state index contributed by atoms with van der Waals surface area (Å²) in [6.45, 7) is 4.15. The summed E-state index contributed by atoms with van der Waals surface area (Å²) in [5, 5.41) is 4.09. The minimum Gasteiger partial charge on any atom is -0.461 e. The van der Waals surface area contributed by atoms with Crippen molar-refractivity contribution in [3.8, 4) is 0 Å². The van der Waals surface area contributed by atoms with Crippen LogP contribution >= 0.6 is 15.9 Å². The van der Waals surface area contributed by atoms with Crippen LogP contribution in [-0.4, -0.2) is 22.4 Å². The highest BCUT2D eigenvalue weighted by Gasteiger charge is 2.19. The van der Waals surface area contributed by atoms with Gasteiger partial charge in [0.15, 0.2) is 5.69 Å². The van der Waals surface area contributed by atoms with Gasteiger partial charge in [-0.1, -0.05) is 6.92 Å². The predicted molar refractivity (Wildman–Crippen MR) is 56.2 cm³/mol. The molecule has 0 bridgehead atoms. The van der Waals surface area contributed by atoms with Crippen molar-refractivity contribution in [2.75, 3.05) is 6.61 Å². The lowest BCUT2D eigenvalue weighted by atomic mass is 10.3. The van der Waals surface area contributed by atoms with E-state index in [2.05, 4.69) is 21.0 Å². The van der Waals surface area contributed by atoms with Gasteiger partial charge in [0.1, 0.15) is 0 Å². The number of esters is 1. The fourth-order valence-corrected chi connectivity index (χ4v) is 2.03. The van der Waals surface area contributed by atoms with E-state index in [-0.39, 0.29) is 5.97 Å². The van der Waals surface area contributed by atoms with E-state index in [1.165, 1.54) is 0 Å². The van der Waals surface area contributed by atoms with Crippen molar-refractivity contribution in [1.29, 1.82) is 0 Å². The lowest BCUT2D eigenvalue weighted by molar-refractivity contribution is 0.0517. The van der Waals surface area contributed by atoms with E-state index < -0.39 is 0 Å². The third-order valence-electron chi connectivity index (χ3n) is 1.91. The number of rotatable bonds is 3. The number of ether oxygens (including phenoxy) is 1. The second kappa shape index (κ2) is 4.59. The first kappa shape index (κ1) is 11.2. The maximum absolute atomic E-state index is 11.4. The monoisotopic (exact) mass is 260 g/mol. The van der Waals surface area contributed by atoms with Crippen molar-refractivity contribution >= 4 is 21.9 Å². The summed E-state index contributed by atoms with van der Waals surface area (Å²) in [5.74, 6) is -0.380. The zero-order valence-corrected chi connectivity index (χ0v) is 10.1. The van der Waals surface area contributed by atoms with Gasteiger partial charge in [0, 0.05) is 7.05 Å². The highest BCUT2D eigenvalue weighted by atomic mass is 79.9. The largest absolute Gasteiger partial charge is 0.461 e. The first-order chi connectivity index (χ1) is 6.61. The van der Waals surface area contributed by atoms with Crippen LogP contribution in [0, 0.1) is 0 Å². The Morgan fingerprint density at radius 2 is 2.21 bits per heavy atom. The van der Waals surface area contributed by atoms with Gasteiger partial charge in [-0.25, -0.2) is 4.79 Å². The molecule has 0 aromatic carbocycles. The molecular formula is C9H13BrN2O2. The summed E-state index contributed by atoms with van der Waals surface area (Å²) >= 11 is 3.35. The van der Waals surface area contributed by atoms with Crippen LogP contribution in [0.4, 0.5) is 0 Å². The molecule has 0 saturated heterocycles. The highest BCUT2D eigenvalue weighted by molar-refractivity contribution is 9.10. The fourth-order valence-electron chi connectivity index (χ4n) is 1.25. The molecule has 0 aliphatic rings. The standard InChI is InChI=1S/C9H13BrN2O2/c1-4-6-7(10)8(11-12(6)3)9(13)14-5-2/h4-5H2,1-3H3. The maximum Gasteiger partial charge on any atom is 0.360 e. The lowest BCUT2D eigenvalue weighted by Gasteiger charge is -1.97. The molecule has 5 heteroatoms. The van der Waals surface area contributed by atoms with Gasteiger partial charge in [-0.15, -0.1) is 0 Å². The smallest absolute Gasteiger partial charge is 0.360 e. The molecule has 1 aromatic heterocycles. The van der Waals surface area contributed by atoms with Crippen molar-refractivity contribution in [3.63, 3.8) is 0 Å². The number of carbonyl (C=O) groups is 1. The van der Waals surface area contributed by atoms with E-state index >= 15 is 0 Å². The van der Waals surface area contributed by atoms with Gasteiger partial charge in [-0.2, -0.15) is 5.10 Å². The van der Waals surface area contributed by atoms with Crippen LogP contribution in [0.5, 0.6) is 0 Å². The Bertz CT molecular complexity index is 347. The average Bonchev–Trinajstić information content (AvgIpc) is 2.42. The first-order valence-electron chi connectivity index (χ1n) is 4.50. The number of aromatic nitrogens is 2. The number of aryl methyl sites for hydroxylation is 1. The first-order valence-corrected chi connectivity index (χ1v) is 5.29. The second-order valence-corrected chi connectivity index (χ2v) is 3.60. The third-order valence-corrected chi connectivity index (χ3v) is 2.74. The molecule has 1 heterocycles. The molecule has 0 saturated carbocycles. The molecule has 0 unspecified atom stereocenters. The Labute approximate surface area is 91.4 Å². The molecule has 0 N–H and O–H groups in total. The van der Waals surface area contributed by atoms with Gasteiger partial charge >= 0.3 is 5.97 Å². The molecule has 0 amide bonds. The van der Waals surface area contributed by atoms with E-state index in [9.17, 15) is 4.79 Å². The predicted octanol–water partition coefficient (Wildman–Crippen LogP) is 1.92. The van der Waals surface area contributed by atoms with E-state index in [1.807, 2.05) is 14.0 Å². The Hall–Kier alpha value is -0.840. The topological polar surface area (TPSA) is 44.1 Å². The maximum atomic E-state index is 11.4. The number of hydrogen-bond acceptors (Lipinski definition) is 3. The number of nitrogens with zero attached hydrogens (tertiary/aromatic N) is 2. The summed E-state index contributed by atoms with van der Waals surface area (Å²) in [5.41, 5.74) is 1.35. The highest BCUT2D eigenvalue weighted by Crippen LogP contribution is 2.21. The number of halogens is 1. The summed E-state index contributed by atoms with van der Waals surface area (Å²) in [6, 6.07) is 0. The van der Waals surface area contributed by atoms with E-state index in [0.29, 0.717) is 12.3 Å².